The fourth-order valence-corrected chi connectivity index (χ4v) is 3.48. The number of rotatable bonds is 5. The van der Waals surface area contributed by atoms with Crippen molar-refractivity contribution in [3.63, 3.8) is 0 Å². The van der Waals surface area contributed by atoms with Crippen molar-refractivity contribution in [2.24, 2.45) is 5.92 Å². The molecule has 0 radical (unpaired) electrons. The quantitative estimate of drug-likeness (QED) is 0.804. The molecule has 1 saturated heterocycles. The second-order valence-electron chi connectivity index (χ2n) is 6.27. The normalized spacial score (nSPS) is 31.1. The Kier molecular flexibility index (Phi) is 5.02. The van der Waals surface area contributed by atoms with E-state index in [9.17, 15) is 14.7 Å². The molecule has 2 N–H and O–H groups in total. The van der Waals surface area contributed by atoms with E-state index in [1.165, 1.54) is 12.8 Å². The smallest absolute Gasteiger partial charge is 0.329 e. The zero-order valence-corrected chi connectivity index (χ0v) is 12.4. The Hall–Kier alpha value is -1.10. The van der Waals surface area contributed by atoms with Gasteiger partial charge >= 0.3 is 5.97 Å². The third-order valence-electron chi connectivity index (χ3n) is 4.90. The first kappa shape index (κ1) is 15.3. The summed E-state index contributed by atoms with van der Waals surface area (Å²) in [5, 5.41) is 12.4. The van der Waals surface area contributed by atoms with Crippen LogP contribution in [0.25, 0.3) is 0 Å². The number of carboxylic acids is 1. The molecule has 0 spiro atoms. The van der Waals surface area contributed by atoms with Crippen molar-refractivity contribution in [3.8, 4) is 0 Å². The summed E-state index contributed by atoms with van der Waals surface area (Å²) in [5.41, 5.74) is -1.04. The molecule has 0 aromatic rings. The number of carbonyl (C=O) groups is 2. The van der Waals surface area contributed by atoms with E-state index in [2.05, 4.69) is 10.2 Å². The van der Waals surface area contributed by atoms with Crippen molar-refractivity contribution >= 4 is 11.9 Å². The van der Waals surface area contributed by atoms with Gasteiger partial charge in [0.05, 0.1) is 0 Å². The highest BCUT2D eigenvalue weighted by molar-refractivity contribution is 5.87. The number of nitrogens with zero attached hydrogens (tertiary/aromatic N) is 1. The van der Waals surface area contributed by atoms with E-state index in [1.54, 1.807) is 0 Å². The molecule has 2 rings (SSSR count). The van der Waals surface area contributed by atoms with Crippen LogP contribution in [0, 0.1) is 5.92 Å². The average molecular weight is 282 g/mol. The number of amides is 1. The molecule has 114 valence electrons. The predicted molar refractivity (Wildman–Crippen MR) is 76.4 cm³/mol. The summed E-state index contributed by atoms with van der Waals surface area (Å²) in [5.74, 6) is -0.989. The molecule has 0 aromatic heterocycles. The molecule has 2 fully saturated rings. The Morgan fingerprint density at radius 1 is 1.25 bits per heavy atom. The lowest BCUT2D eigenvalue weighted by molar-refractivity contribution is -0.152. The number of hydrogen-bond donors (Lipinski definition) is 2. The molecule has 1 saturated carbocycles. The maximum Gasteiger partial charge on any atom is 0.329 e. The van der Waals surface area contributed by atoms with Crippen LogP contribution in [0.3, 0.4) is 0 Å². The van der Waals surface area contributed by atoms with Crippen LogP contribution >= 0.6 is 0 Å². The number of hydrogen-bond acceptors (Lipinski definition) is 3. The number of carbonyl (C=O) groups excluding carboxylic acids is 1. The molecule has 1 aliphatic heterocycles. The van der Waals surface area contributed by atoms with Gasteiger partial charge in [0, 0.05) is 13.0 Å². The van der Waals surface area contributed by atoms with Crippen LogP contribution in [0.4, 0.5) is 0 Å². The highest BCUT2D eigenvalue weighted by Gasteiger charge is 2.46. The maximum absolute atomic E-state index is 12.1. The molecule has 0 bridgehead atoms. The van der Waals surface area contributed by atoms with Crippen molar-refractivity contribution in [2.45, 2.75) is 57.4 Å². The van der Waals surface area contributed by atoms with E-state index in [0.717, 1.165) is 38.9 Å². The molecule has 2 aliphatic rings. The Bertz CT molecular complexity index is 366. The molecule has 1 amide bonds. The van der Waals surface area contributed by atoms with Crippen LogP contribution in [-0.2, 0) is 9.59 Å². The Morgan fingerprint density at radius 3 is 2.55 bits per heavy atom. The molecule has 2 atom stereocenters. The topological polar surface area (TPSA) is 69.6 Å². The summed E-state index contributed by atoms with van der Waals surface area (Å²) >= 11 is 0. The first-order valence-corrected chi connectivity index (χ1v) is 7.81. The molecular formula is C15H26N2O3. The van der Waals surface area contributed by atoms with E-state index in [0.29, 0.717) is 12.8 Å². The van der Waals surface area contributed by atoms with E-state index in [1.807, 2.05) is 6.92 Å². The fourth-order valence-electron chi connectivity index (χ4n) is 3.48. The van der Waals surface area contributed by atoms with Crippen LogP contribution in [0.15, 0.2) is 0 Å². The van der Waals surface area contributed by atoms with Crippen LogP contribution in [0.5, 0.6) is 0 Å². The average Bonchev–Trinajstić information content (AvgIpc) is 2.92. The predicted octanol–water partition coefficient (Wildman–Crippen LogP) is 1.62. The summed E-state index contributed by atoms with van der Waals surface area (Å²) in [6.45, 7) is 4.81. The van der Waals surface area contributed by atoms with Crippen molar-refractivity contribution in [2.75, 3.05) is 19.6 Å². The number of likely N-dealkylation sites (tertiary alicyclic amines) is 1. The molecule has 20 heavy (non-hydrogen) atoms. The molecule has 1 aliphatic carbocycles. The van der Waals surface area contributed by atoms with Gasteiger partial charge in [-0.1, -0.05) is 19.8 Å². The Labute approximate surface area is 120 Å². The highest BCUT2D eigenvalue weighted by Crippen LogP contribution is 2.34. The second-order valence-corrected chi connectivity index (χ2v) is 6.27. The van der Waals surface area contributed by atoms with Gasteiger partial charge in [-0.2, -0.15) is 0 Å². The van der Waals surface area contributed by atoms with Crippen LogP contribution in [0.2, 0.25) is 0 Å². The minimum Gasteiger partial charge on any atom is -0.479 e. The third kappa shape index (κ3) is 3.32. The van der Waals surface area contributed by atoms with E-state index in [-0.39, 0.29) is 11.8 Å². The molecule has 1 heterocycles. The lowest BCUT2D eigenvalue weighted by atomic mass is 9.73. The van der Waals surface area contributed by atoms with Crippen LogP contribution < -0.4 is 5.32 Å². The van der Waals surface area contributed by atoms with Gasteiger partial charge in [0.25, 0.3) is 0 Å². The van der Waals surface area contributed by atoms with Gasteiger partial charge < -0.3 is 15.3 Å². The number of carboxylic acid groups (broad SMARTS) is 1. The standard InChI is InChI=1S/C15H26N2O3/c1-12-6-2-3-8-15(12,14(19)20)16-13(18)7-11-17-9-4-5-10-17/h12H,2-11H2,1H3,(H,16,18)(H,19,20). The first-order valence-electron chi connectivity index (χ1n) is 7.81. The molecule has 5 nitrogen and oxygen atoms in total. The summed E-state index contributed by atoms with van der Waals surface area (Å²) in [6, 6.07) is 0. The third-order valence-corrected chi connectivity index (χ3v) is 4.90. The summed E-state index contributed by atoms with van der Waals surface area (Å²) in [4.78, 5) is 26.1. The zero-order valence-electron chi connectivity index (χ0n) is 12.4. The van der Waals surface area contributed by atoms with Gasteiger partial charge in [-0.3, -0.25) is 4.79 Å². The minimum atomic E-state index is -1.04. The SMILES string of the molecule is CC1CCCCC1(NC(=O)CCN1CCCC1)C(=O)O. The fraction of sp³-hybridized carbons (Fsp3) is 0.867. The highest BCUT2D eigenvalue weighted by atomic mass is 16.4. The van der Waals surface area contributed by atoms with E-state index in [4.69, 9.17) is 0 Å². The first-order chi connectivity index (χ1) is 9.54. The van der Waals surface area contributed by atoms with Gasteiger partial charge in [-0.15, -0.1) is 0 Å². The summed E-state index contributed by atoms with van der Waals surface area (Å²) < 4.78 is 0. The van der Waals surface area contributed by atoms with Gasteiger partial charge in [0.2, 0.25) is 5.91 Å². The second kappa shape index (κ2) is 6.57. The van der Waals surface area contributed by atoms with E-state index >= 15 is 0 Å². The molecule has 0 aromatic carbocycles. The van der Waals surface area contributed by atoms with Crippen molar-refractivity contribution in [3.05, 3.63) is 0 Å². The number of aliphatic carboxylic acids is 1. The molecular weight excluding hydrogens is 256 g/mol. The number of nitrogens with one attached hydrogen (secondary N) is 1. The minimum absolute atomic E-state index is 0.00415. The van der Waals surface area contributed by atoms with Crippen molar-refractivity contribution in [1.29, 1.82) is 0 Å². The van der Waals surface area contributed by atoms with E-state index < -0.39 is 11.5 Å². The van der Waals surface area contributed by atoms with Gasteiger partial charge in [-0.25, -0.2) is 4.79 Å². The Balaban J connectivity index is 1.90. The monoisotopic (exact) mass is 282 g/mol. The Morgan fingerprint density at radius 2 is 1.95 bits per heavy atom. The van der Waals surface area contributed by atoms with Crippen molar-refractivity contribution < 1.29 is 14.7 Å². The molecule has 5 heteroatoms. The van der Waals surface area contributed by atoms with Crippen LogP contribution in [-0.4, -0.2) is 47.1 Å². The molecule has 2 unspecified atom stereocenters. The lowest BCUT2D eigenvalue weighted by Crippen LogP contribution is -2.60. The zero-order chi connectivity index (χ0) is 14.6. The van der Waals surface area contributed by atoms with Gasteiger partial charge in [0.1, 0.15) is 5.54 Å². The van der Waals surface area contributed by atoms with Gasteiger partial charge in [0.15, 0.2) is 0 Å². The van der Waals surface area contributed by atoms with Crippen molar-refractivity contribution in [1.82, 2.24) is 10.2 Å². The lowest BCUT2D eigenvalue weighted by Gasteiger charge is -2.39. The maximum atomic E-state index is 12.1. The summed E-state index contributed by atoms with van der Waals surface area (Å²) in [7, 11) is 0. The van der Waals surface area contributed by atoms with Gasteiger partial charge in [-0.05, 0) is 44.7 Å². The summed E-state index contributed by atoms with van der Waals surface area (Å²) in [6.07, 6.45) is 6.18. The largest absolute Gasteiger partial charge is 0.479 e. The van der Waals surface area contributed by atoms with Crippen LogP contribution in [0.1, 0.15) is 51.9 Å².